The van der Waals surface area contributed by atoms with Crippen LogP contribution in [0.5, 0.6) is 0 Å². The number of sulfone groups is 1. The van der Waals surface area contributed by atoms with Crippen LogP contribution in [0.4, 0.5) is 19.0 Å². The number of aromatic nitrogens is 4. The van der Waals surface area contributed by atoms with Gasteiger partial charge in [0, 0.05) is 60.2 Å². The van der Waals surface area contributed by atoms with Gasteiger partial charge in [-0.1, -0.05) is 6.92 Å². The first-order valence-electron chi connectivity index (χ1n) is 12.2. The number of hydrogen-bond donors (Lipinski definition) is 0. The van der Waals surface area contributed by atoms with Crippen LogP contribution in [-0.2, 0) is 28.6 Å². The summed E-state index contributed by atoms with van der Waals surface area (Å²) in [5.74, 6) is 1.52. The van der Waals surface area contributed by atoms with Crippen molar-refractivity contribution in [3.63, 3.8) is 0 Å². The van der Waals surface area contributed by atoms with Crippen LogP contribution in [0.25, 0.3) is 10.2 Å². The van der Waals surface area contributed by atoms with Crippen molar-refractivity contribution in [1.82, 2.24) is 24.8 Å². The first-order chi connectivity index (χ1) is 17.4. The maximum atomic E-state index is 13.0. The van der Waals surface area contributed by atoms with Crippen LogP contribution in [0, 0.1) is 12.3 Å². The predicted octanol–water partition coefficient (Wildman–Crippen LogP) is 3.93. The zero-order chi connectivity index (χ0) is 26.4. The molecule has 2 aliphatic rings. The van der Waals surface area contributed by atoms with E-state index in [0.717, 1.165) is 61.7 Å². The molecule has 0 aliphatic carbocycles. The molecule has 3 aromatic heterocycles. The lowest BCUT2D eigenvalue weighted by molar-refractivity contribution is -0.126. The third kappa shape index (κ3) is 6.04. The highest BCUT2D eigenvalue weighted by Crippen LogP contribution is 2.43. The monoisotopic (exact) mass is 554 g/mol. The lowest BCUT2D eigenvalue weighted by Gasteiger charge is -2.25. The molecule has 0 radical (unpaired) electrons. The Morgan fingerprint density at radius 3 is 2.54 bits per heavy atom. The Morgan fingerprint density at radius 1 is 1.11 bits per heavy atom. The number of thiophene rings is 1. The summed E-state index contributed by atoms with van der Waals surface area (Å²) in [5.41, 5.74) is 1.03. The van der Waals surface area contributed by atoms with Gasteiger partial charge in [-0.2, -0.15) is 13.2 Å². The van der Waals surface area contributed by atoms with Crippen LogP contribution < -0.4 is 4.90 Å². The van der Waals surface area contributed by atoms with Crippen LogP contribution in [0.3, 0.4) is 0 Å². The third-order valence-electron chi connectivity index (χ3n) is 7.12. The van der Waals surface area contributed by atoms with Gasteiger partial charge in [-0.3, -0.25) is 4.90 Å². The molecule has 0 saturated carbocycles. The number of fused-ring (bicyclic) bond motifs is 1. The Balaban J connectivity index is 1.26. The second kappa shape index (κ2) is 9.73. The van der Waals surface area contributed by atoms with Gasteiger partial charge in [0.1, 0.15) is 28.0 Å². The van der Waals surface area contributed by atoms with Crippen molar-refractivity contribution in [2.75, 3.05) is 36.8 Å². The zero-order valence-electron chi connectivity index (χ0n) is 20.8. The number of anilines is 1. The molecule has 0 aromatic carbocycles. The topological polar surface area (TPSA) is 92.2 Å². The SMILES string of the molecule is CCS(=O)(=O)Cc1ncc(CN2CCC3(CCN(c4nc(C)nc5sc(CC(F)(F)F)cc45)C3)C2)cn1. The molecule has 0 amide bonds. The molecular formula is C24H29F3N6O2S2. The highest BCUT2D eigenvalue weighted by molar-refractivity contribution is 7.90. The van der Waals surface area contributed by atoms with E-state index in [1.54, 1.807) is 32.3 Å². The summed E-state index contributed by atoms with van der Waals surface area (Å²) >= 11 is 1.09. The molecule has 1 atom stereocenters. The molecule has 0 N–H and O–H groups in total. The minimum absolute atomic E-state index is 0.0617. The number of rotatable bonds is 7. The van der Waals surface area contributed by atoms with E-state index in [0.29, 0.717) is 28.4 Å². The van der Waals surface area contributed by atoms with Crippen molar-refractivity contribution in [2.24, 2.45) is 5.41 Å². The summed E-state index contributed by atoms with van der Waals surface area (Å²) in [6.45, 7) is 7.48. The van der Waals surface area contributed by atoms with E-state index in [4.69, 9.17) is 0 Å². The van der Waals surface area contributed by atoms with Crippen molar-refractivity contribution in [2.45, 2.75) is 51.6 Å². The van der Waals surface area contributed by atoms with Gasteiger partial charge in [0.05, 0.1) is 11.8 Å². The first kappa shape index (κ1) is 26.2. The number of alkyl halides is 3. The molecule has 200 valence electrons. The number of likely N-dealkylation sites (tertiary alicyclic amines) is 1. The van der Waals surface area contributed by atoms with E-state index in [1.807, 2.05) is 0 Å². The van der Waals surface area contributed by atoms with E-state index < -0.39 is 22.4 Å². The Morgan fingerprint density at radius 2 is 1.84 bits per heavy atom. The zero-order valence-corrected chi connectivity index (χ0v) is 22.4. The van der Waals surface area contributed by atoms with Gasteiger partial charge in [-0.05, 0) is 32.4 Å². The van der Waals surface area contributed by atoms with Crippen LogP contribution in [-0.4, -0.2) is 71.4 Å². The molecule has 2 aliphatic heterocycles. The minimum Gasteiger partial charge on any atom is -0.355 e. The fourth-order valence-electron chi connectivity index (χ4n) is 5.29. The normalized spacial score (nSPS) is 21.1. The minimum atomic E-state index is -4.26. The molecule has 37 heavy (non-hydrogen) atoms. The average Bonchev–Trinajstić information content (AvgIpc) is 3.52. The van der Waals surface area contributed by atoms with Gasteiger partial charge in [0.25, 0.3) is 0 Å². The first-order valence-corrected chi connectivity index (χ1v) is 14.9. The van der Waals surface area contributed by atoms with Gasteiger partial charge in [-0.25, -0.2) is 28.4 Å². The summed E-state index contributed by atoms with van der Waals surface area (Å²) in [5, 5.41) is 0.698. The van der Waals surface area contributed by atoms with Crippen molar-refractivity contribution in [1.29, 1.82) is 0 Å². The van der Waals surface area contributed by atoms with Gasteiger partial charge in [0.15, 0.2) is 9.84 Å². The Labute approximate surface area is 217 Å². The van der Waals surface area contributed by atoms with E-state index >= 15 is 0 Å². The maximum absolute atomic E-state index is 13.0. The smallest absolute Gasteiger partial charge is 0.355 e. The molecule has 5 heterocycles. The van der Waals surface area contributed by atoms with Crippen LogP contribution >= 0.6 is 11.3 Å². The summed E-state index contributed by atoms with van der Waals surface area (Å²) in [4.78, 5) is 23.0. The number of halogens is 3. The lowest BCUT2D eigenvalue weighted by atomic mass is 9.86. The van der Waals surface area contributed by atoms with Gasteiger partial charge in [-0.15, -0.1) is 11.3 Å². The van der Waals surface area contributed by atoms with E-state index in [1.165, 1.54) is 0 Å². The van der Waals surface area contributed by atoms with E-state index in [2.05, 4.69) is 29.7 Å². The largest absolute Gasteiger partial charge is 0.393 e. The van der Waals surface area contributed by atoms with Crippen LogP contribution in [0.15, 0.2) is 18.5 Å². The van der Waals surface area contributed by atoms with Crippen molar-refractivity contribution in [3.05, 3.63) is 40.5 Å². The summed E-state index contributed by atoms with van der Waals surface area (Å²) in [6.07, 6.45) is 0.201. The average molecular weight is 555 g/mol. The Hall–Kier alpha value is -2.38. The molecule has 1 spiro atoms. The van der Waals surface area contributed by atoms with E-state index in [-0.39, 0.29) is 21.8 Å². The van der Waals surface area contributed by atoms with Crippen molar-refractivity contribution < 1.29 is 21.6 Å². The molecular weight excluding hydrogens is 525 g/mol. The highest BCUT2D eigenvalue weighted by Gasteiger charge is 2.44. The molecule has 3 aromatic rings. The Bertz CT molecular complexity index is 1390. The van der Waals surface area contributed by atoms with Crippen LogP contribution in [0.1, 0.15) is 41.9 Å². The molecule has 1 unspecified atom stereocenters. The standard InChI is InChI=1S/C24H29F3N6O2S2/c1-3-37(34,35)13-20-28-10-17(11-29-20)12-32-6-4-23(14-32)5-7-33(15-23)21-19-8-18(9-24(25,26)27)36-22(19)31-16(2)30-21/h8,10-11H,3-7,9,12-15H2,1-2H3. The fourth-order valence-corrected chi connectivity index (χ4v) is 7.14. The van der Waals surface area contributed by atoms with E-state index in [9.17, 15) is 21.6 Å². The van der Waals surface area contributed by atoms with Crippen molar-refractivity contribution in [3.8, 4) is 0 Å². The van der Waals surface area contributed by atoms with Gasteiger partial charge >= 0.3 is 6.18 Å². The molecule has 2 saturated heterocycles. The highest BCUT2D eigenvalue weighted by atomic mass is 32.2. The molecule has 13 heteroatoms. The second-order valence-electron chi connectivity index (χ2n) is 10.1. The maximum Gasteiger partial charge on any atom is 0.393 e. The van der Waals surface area contributed by atoms with Crippen LogP contribution in [0.2, 0.25) is 0 Å². The fraction of sp³-hybridized carbons (Fsp3) is 0.583. The lowest BCUT2D eigenvalue weighted by Crippen LogP contribution is -2.31. The Kier molecular flexibility index (Phi) is 6.90. The quantitative estimate of drug-likeness (QED) is 0.434. The molecule has 5 rings (SSSR count). The third-order valence-corrected chi connectivity index (χ3v) is 9.73. The number of aryl methyl sites for hydroxylation is 1. The predicted molar refractivity (Wildman–Crippen MR) is 136 cm³/mol. The van der Waals surface area contributed by atoms with Gasteiger partial charge < -0.3 is 4.90 Å². The molecule has 2 fully saturated rings. The van der Waals surface area contributed by atoms with Gasteiger partial charge in [0.2, 0.25) is 0 Å². The molecule has 0 bridgehead atoms. The summed E-state index contributed by atoms with van der Waals surface area (Å²) < 4.78 is 62.5. The molecule has 8 nitrogen and oxygen atoms in total. The second-order valence-corrected chi connectivity index (χ2v) is 13.6. The summed E-state index contributed by atoms with van der Waals surface area (Å²) in [7, 11) is -3.17. The summed E-state index contributed by atoms with van der Waals surface area (Å²) in [6, 6.07) is 1.60. The van der Waals surface area contributed by atoms with Crippen molar-refractivity contribution >= 4 is 37.2 Å². The number of hydrogen-bond acceptors (Lipinski definition) is 9. The number of nitrogens with zero attached hydrogens (tertiary/aromatic N) is 6.